The smallest absolute Gasteiger partial charge is 0.387 e. The molecule has 0 bridgehead atoms. The maximum Gasteiger partial charge on any atom is 0.387 e. The van der Waals surface area contributed by atoms with Crippen LogP contribution in [0, 0.1) is 18.3 Å². The lowest BCUT2D eigenvalue weighted by Gasteiger charge is -2.09. The summed E-state index contributed by atoms with van der Waals surface area (Å²) < 4.78 is 30.5. The lowest BCUT2D eigenvalue weighted by molar-refractivity contribution is -0.0498. The molecular formula is C15H15F2N3O. The molecule has 1 aromatic heterocycles. The molecule has 6 heteroatoms. The van der Waals surface area contributed by atoms with Crippen LogP contribution in [0.5, 0.6) is 5.75 Å². The Morgan fingerprint density at radius 1 is 1.38 bits per heavy atom. The first kappa shape index (κ1) is 14.9. The molecule has 1 N–H and O–H groups in total. The second-order valence-corrected chi connectivity index (χ2v) is 4.57. The molecule has 1 heterocycles. The van der Waals surface area contributed by atoms with Crippen LogP contribution in [0.4, 0.5) is 14.5 Å². The summed E-state index contributed by atoms with van der Waals surface area (Å²) in [7, 11) is 1.83. The fraction of sp³-hybridized carbons (Fsp3) is 0.267. The van der Waals surface area contributed by atoms with Gasteiger partial charge in [0.1, 0.15) is 17.5 Å². The highest BCUT2D eigenvalue weighted by Gasteiger charge is 2.09. The first-order chi connectivity index (χ1) is 10.0. The standard InChI is InChI=1S/C15H15F2N3O/c1-10-11(6-13(8-18)20(10)2)9-19-12-4-3-5-14(7-12)21-15(16)17/h3-7,15,19H,9H2,1-2H3. The molecule has 0 atom stereocenters. The highest BCUT2D eigenvalue weighted by atomic mass is 19.3. The van der Waals surface area contributed by atoms with E-state index in [1.54, 1.807) is 12.1 Å². The van der Waals surface area contributed by atoms with E-state index in [4.69, 9.17) is 5.26 Å². The lowest BCUT2D eigenvalue weighted by atomic mass is 10.2. The Labute approximate surface area is 121 Å². The summed E-state index contributed by atoms with van der Waals surface area (Å²) in [5.41, 5.74) is 3.22. The summed E-state index contributed by atoms with van der Waals surface area (Å²) in [4.78, 5) is 0. The molecule has 4 nitrogen and oxygen atoms in total. The number of rotatable bonds is 5. The number of aromatic nitrogens is 1. The molecule has 2 aromatic rings. The van der Waals surface area contributed by atoms with Gasteiger partial charge in [0.05, 0.1) is 0 Å². The Hall–Kier alpha value is -2.55. The first-order valence-electron chi connectivity index (χ1n) is 6.35. The normalized spacial score (nSPS) is 10.5. The van der Waals surface area contributed by atoms with Crippen molar-refractivity contribution in [1.29, 1.82) is 5.26 Å². The molecule has 0 aliphatic heterocycles. The predicted molar refractivity (Wildman–Crippen MR) is 75.3 cm³/mol. The Bertz CT molecular complexity index is 674. The van der Waals surface area contributed by atoms with E-state index in [1.807, 2.05) is 24.6 Å². The highest BCUT2D eigenvalue weighted by molar-refractivity contribution is 5.49. The van der Waals surface area contributed by atoms with E-state index in [1.165, 1.54) is 12.1 Å². The molecule has 0 radical (unpaired) electrons. The number of nitriles is 1. The number of hydrogen-bond donors (Lipinski definition) is 1. The predicted octanol–water partition coefficient (Wildman–Crippen LogP) is 3.42. The van der Waals surface area contributed by atoms with Gasteiger partial charge in [-0.05, 0) is 30.7 Å². The Morgan fingerprint density at radius 3 is 2.76 bits per heavy atom. The summed E-state index contributed by atoms with van der Waals surface area (Å²) in [5, 5.41) is 12.1. The summed E-state index contributed by atoms with van der Waals surface area (Å²) in [5.74, 6) is 0.109. The van der Waals surface area contributed by atoms with Gasteiger partial charge in [-0.1, -0.05) is 6.07 Å². The minimum atomic E-state index is -2.84. The summed E-state index contributed by atoms with van der Waals surface area (Å²) >= 11 is 0. The van der Waals surface area contributed by atoms with Crippen molar-refractivity contribution in [3.8, 4) is 11.8 Å². The van der Waals surface area contributed by atoms with Gasteiger partial charge in [-0.25, -0.2) is 0 Å². The minimum absolute atomic E-state index is 0.109. The zero-order valence-corrected chi connectivity index (χ0v) is 11.7. The highest BCUT2D eigenvalue weighted by Crippen LogP contribution is 2.21. The largest absolute Gasteiger partial charge is 0.435 e. The fourth-order valence-corrected chi connectivity index (χ4v) is 2.03. The number of halogens is 2. The molecule has 1 aromatic carbocycles. The van der Waals surface area contributed by atoms with Crippen LogP contribution >= 0.6 is 0 Å². The molecule has 110 valence electrons. The van der Waals surface area contributed by atoms with E-state index in [0.29, 0.717) is 17.9 Å². The Balaban J connectivity index is 2.08. The van der Waals surface area contributed by atoms with Crippen molar-refractivity contribution in [3.63, 3.8) is 0 Å². The van der Waals surface area contributed by atoms with Crippen molar-refractivity contribution < 1.29 is 13.5 Å². The average Bonchev–Trinajstić information content (AvgIpc) is 2.72. The van der Waals surface area contributed by atoms with Gasteiger partial charge in [-0.3, -0.25) is 0 Å². The van der Waals surface area contributed by atoms with Crippen molar-refractivity contribution >= 4 is 5.69 Å². The number of alkyl halides is 2. The topological polar surface area (TPSA) is 50.0 Å². The van der Waals surface area contributed by atoms with Crippen LogP contribution in [0.15, 0.2) is 30.3 Å². The lowest BCUT2D eigenvalue weighted by Crippen LogP contribution is -2.04. The van der Waals surface area contributed by atoms with Crippen LogP contribution in [-0.2, 0) is 13.6 Å². The van der Waals surface area contributed by atoms with Crippen LogP contribution < -0.4 is 10.1 Å². The van der Waals surface area contributed by atoms with E-state index < -0.39 is 6.61 Å². The van der Waals surface area contributed by atoms with Crippen LogP contribution in [0.2, 0.25) is 0 Å². The van der Waals surface area contributed by atoms with Gasteiger partial charge in [0.15, 0.2) is 0 Å². The summed E-state index contributed by atoms with van der Waals surface area (Å²) in [6.45, 7) is -0.414. The van der Waals surface area contributed by atoms with Gasteiger partial charge in [0, 0.05) is 31.0 Å². The number of hydrogen-bond acceptors (Lipinski definition) is 3. The van der Waals surface area contributed by atoms with Crippen LogP contribution in [0.1, 0.15) is 17.0 Å². The number of benzene rings is 1. The first-order valence-corrected chi connectivity index (χ1v) is 6.35. The molecule has 0 fully saturated rings. The maximum absolute atomic E-state index is 12.2. The van der Waals surface area contributed by atoms with E-state index in [0.717, 1.165) is 11.3 Å². The van der Waals surface area contributed by atoms with E-state index in [-0.39, 0.29) is 5.75 Å². The van der Waals surface area contributed by atoms with Gasteiger partial charge >= 0.3 is 6.61 Å². The zero-order chi connectivity index (χ0) is 15.4. The van der Waals surface area contributed by atoms with Crippen LogP contribution in [0.25, 0.3) is 0 Å². The van der Waals surface area contributed by atoms with Gasteiger partial charge in [0.2, 0.25) is 0 Å². The van der Waals surface area contributed by atoms with E-state index in [9.17, 15) is 8.78 Å². The minimum Gasteiger partial charge on any atom is -0.435 e. The van der Waals surface area contributed by atoms with E-state index >= 15 is 0 Å². The molecule has 21 heavy (non-hydrogen) atoms. The SMILES string of the molecule is Cc1c(CNc2cccc(OC(F)F)c2)cc(C#N)n1C. The number of nitrogens with zero attached hydrogens (tertiary/aromatic N) is 2. The van der Waals surface area contributed by atoms with Gasteiger partial charge in [0.25, 0.3) is 0 Å². The van der Waals surface area contributed by atoms with Crippen molar-refractivity contribution in [3.05, 3.63) is 47.3 Å². The van der Waals surface area contributed by atoms with Gasteiger partial charge in [-0.2, -0.15) is 14.0 Å². The molecule has 2 rings (SSSR count). The Kier molecular flexibility index (Phi) is 4.43. The van der Waals surface area contributed by atoms with Crippen molar-refractivity contribution in [2.75, 3.05) is 5.32 Å². The molecule has 0 saturated carbocycles. The van der Waals surface area contributed by atoms with Crippen LogP contribution in [0.3, 0.4) is 0 Å². The van der Waals surface area contributed by atoms with E-state index in [2.05, 4.69) is 16.1 Å². The third kappa shape index (κ3) is 3.51. The Morgan fingerprint density at radius 2 is 2.14 bits per heavy atom. The summed E-state index contributed by atoms with van der Waals surface area (Å²) in [6.07, 6.45) is 0. The fourth-order valence-electron chi connectivity index (χ4n) is 2.03. The molecule has 0 spiro atoms. The summed E-state index contributed by atoms with van der Waals surface area (Å²) in [6, 6.07) is 10.3. The van der Waals surface area contributed by atoms with Crippen molar-refractivity contribution in [1.82, 2.24) is 4.57 Å². The van der Waals surface area contributed by atoms with Gasteiger partial charge in [-0.15, -0.1) is 0 Å². The van der Waals surface area contributed by atoms with Crippen molar-refractivity contribution in [2.45, 2.75) is 20.1 Å². The maximum atomic E-state index is 12.2. The third-order valence-corrected chi connectivity index (χ3v) is 3.30. The second-order valence-electron chi connectivity index (χ2n) is 4.57. The molecule has 0 aliphatic carbocycles. The second kappa shape index (κ2) is 6.27. The monoisotopic (exact) mass is 291 g/mol. The zero-order valence-electron chi connectivity index (χ0n) is 11.7. The molecule has 0 aliphatic rings. The molecule has 0 amide bonds. The average molecular weight is 291 g/mol. The number of anilines is 1. The molecule has 0 unspecified atom stereocenters. The molecule has 0 saturated heterocycles. The van der Waals surface area contributed by atoms with Crippen LogP contribution in [-0.4, -0.2) is 11.2 Å². The quantitative estimate of drug-likeness (QED) is 0.918. The number of nitrogens with one attached hydrogen (secondary N) is 1. The van der Waals surface area contributed by atoms with Crippen molar-refractivity contribution in [2.24, 2.45) is 7.05 Å². The molecular weight excluding hydrogens is 276 g/mol. The van der Waals surface area contributed by atoms with Gasteiger partial charge < -0.3 is 14.6 Å². The third-order valence-electron chi connectivity index (χ3n) is 3.30. The number of ether oxygens (including phenoxy) is 1.